The normalized spacial score (nSPS) is 15.1. The molecular formula is C20H22O3. The molecule has 3 heteroatoms. The molecule has 1 N–H and O–H groups in total. The Balaban J connectivity index is 2.39. The molecule has 0 aliphatic carbocycles. The van der Waals surface area contributed by atoms with Gasteiger partial charge >= 0.3 is 5.97 Å². The summed E-state index contributed by atoms with van der Waals surface area (Å²) in [4.78, 5) is 12.2. The van der Waals surface area contributed by atoms with Crippen molar-refractivity contribution in [1.82, 2.24) is 0 Å². The summed E-state index contributed by atoms with van der Waals surface area (Å²) in [7, 11) is 0. The van der Waals surface area contributed by atoms with Gasteiger partial charge in [-0.1, -0.05) is 66.7 Å². The minimum atomic E-state index is -1.43. The van der Waals surface area contributed by atoms with Crippen LogP contribution in [0.3, 0.4) is 0 Å². The third kappa shape index (κ3) is 4.08. The van der Waals surface area contributed by atoms with E-state index in [0.717, 1.165) is 5.56 Å². The van der Waals surface area contributed by atoms with Gasteiger partial charge in [0, 0.05) is 0 Å². The van der Waals surface area contributed by atoms with E-state index in [4.69, 9.17) is 4.74 Å². The van der Waals surface area contributed by atoms with Crippen molar-refractivity contribution in [3.05, 3.63) is 77.9 Å². The summed E-state index contributed by atoms with van der Waals surface area (Å²) in [5.41, 5.74) is 0.189. The van der Waals surface area contributed by atoms with Crippen LogP contribution in [0.2, 0.25) is 0 Å². The molecule has 0 spiro atoms. The molecule has 2 aromatic carbocycles. The predicted octanol–water partition coefficient (Wildman–Crippen LogP) is 3.79. The number of carbonyl (C=O) groups is 1. The van der Waals surface area contributed by atoms with Gasteiger partial charge in [0.25, 0.3) is 0 Å². The number of ether oxygens (including phenoxy) is 1. The maximum absolute atomic E-state index is 12.2. The Morgan fingerprint density at radius 1 is 1.13 bits per heavy atom. The molecule has 0 amide bonds. The fourth-order valence-electron chi connectivity index (χ4n) is 2.43. The lowest BCUT2D eigenvalue weighted by Crippen LogP contribution is -2.37. The van der Waals surface area contributed by atoms with Gasteiger partial charge in [0.1, 0.15) is 5.60 Å². The molecule has 2 unspecified atom stereocenters. The Bertz CT molecular complexity index is 649. The van der Waals surface area contributed by atoms with Crippen LogP contribution in [0.4, 0.5) is 0 Å². The van der Waals surface area contributed by atoms with Crippen LogP contribution >= 0.6 is 0 Å². The standard InChI is InChI=1S/C20H22O3/c1-3-23-19(21)16(2)20(22,18-12-8-5-9-13-18)15-14-17-10-6-4-7-11-17/h4-16,22H,3H2,1-2H3/b15-14+. The second-order valence-electron chi connectivity index (χ2n) is 5.41. The molecule has 0 aliphatic rings. The van der Waals surface area contributed by atoms with E-state index in [1.165, 1.54) is 0 Å². The molecule has 3 nitrogen and oxygen atoms in total. The molecule has 0 aliphatic heterocycles. The lowest BCUT2D eigenvalue weighted by atomic mass is 9.81. The summed E-state index contributed by atoms with van der Waals surface area (Å²) in [5, 5.41) is 11.2. The maximum atomic E-state index is 12.2. The van der Waals surface area contributed by atoms with E-state index in [0.29, 0.717) is 5.56 Å². The fourth-order valence-corrected chi connectivity index (χ4v) is 2.43. The molecule has 0 bridgehead atoms. The van der Waals surface area contributed by atoms with E-state index in [9.17, 15) is 9.90 Å². The van der Waals surface area contributed by atoms with Gasteiger partial charge in [-0.25, -0.2) is 0 Å². The highest BCUT2D eigenvalue weighted by Crippen LogP contribution is 2.33. The summed E-state index contributed by atoms with van der Waals surface area (Å²) in [6.07, 6.45) is 3.49. The van der Waals surface area contributed by atoms with Crippen LogP contribution in [0.5, 0.6) is 0 Å². The van der Waals surface area contributed by atoms with Gasteiger partial charge in [0.2, 0.25) is 0 Å². The number of aliphatic hydroxyl groups is 1. The Kier molecular flexibility index (Phi) is 5.72. The molecule has 0 saturated carbocycles. The van der Waals surface area contributed by atoms with Gasteiger partial charge < -0.3 is 9.84 Å². The smallest absolute Gasteiger partial charge is 0.312 e. The zero-order valence-electron chi connectivity index (χ0n) is 13.5. The first kappa shape index (κ1) is 17.0. The number of hydrogen-bond acceptors (Lipinski definition) is 3. The topological polar surface area (TPSA) is 46.5 Å². The first-order valence-electron chi connectivity index (χ1n) is 7.76. The highest BCUT2D eigenvalue weighted by atomic mass is 16.5. The monoisotopic (exact) mass is 310 g/mol. The molecule has 0 heterocycles. The molecule has 23 heavy (non-hydrogen) atoms. The average Bonchev–Trinajstić information content (AvgIpc) is 2.61. The van der Waals surface area contributed by atoms with E-state index in [-0.39, 0.29) is 6.61 Å². The summed E-state index contributed by atoms with van der Waals surface area (Å²) in [5.74, 6) is -1.14. The average molecular weight is 310 g/mol. The van der Waals surface area contributed by atoms with Crippen LogP contribution in [-0.4, -0.2) is 17.7 Å². The predicted molar refractivity (Wildman–Crippen MR) is 91.6 cm³/mol. The van der Waals surface area contributed by atoms with Crippen molar-refractivity contribution >= 4 is 12.0 Å². The van der Waals surface area contributed by atoms with E-state index < -0.39 is 17.5 Å². The number of benzene rings is 2. The van der Waals surface area contributed by atoms with Crippen molar-refractivity contribution in [3.63, 3.8) is 0 Å². The molecule has 2 rings (SSSR count). The Labute approximate surface area is 137 Å². The molecule has 120 valence electrons. The van der Waals surface area contributed by atoms with Crippen LogP contribution in [0.15, 0.2) is 66.7 Å². The van der Waals surface area contributed by atoms with Gasteiger partial charge in [-0.2, -0.15) is 0 Å². The van der Waals surface area contributed by atoms with E-state index in [1.807, 2.05) is 66.7 Å². The molecule has 2 atom stereocenters. The zero-order valence-corrected chi connectivity index (χ0v) is 13.5. The van der Waals surface area contributed by atoms with Crippen LogP contribution in [0.25, 0.3) is 6.08 Å². The molecule has 0 saturated heterocycles. The third-order valence-corrected chi connectivity index (χ3v) is 3.87. The highest BCUT2D eigenvalue weighted by molar-refractivity contribution is 5.75. The molecule has 0 aromatic heterocycles. The van der Waals surface area contributed by atoms with Gasteiger partial charge in [0.05, 0.1) is 12.5 Å². The summed E-state index contributed by atoms with van der Waals surface area (Å²) < 4.78 is 5.09. The maximum Gasteiger partial charge on any atom is 0.312 e. The van der Waals surface area contributed by atoms with Crippen molar-refractivity contribution in [3.8, 4) is 0 Å². The fraction of sp³-hybridized carbons (Fsp3) is 0.250. The Hall–Kier alpha value is -2.39. The first-order valence-corrected chi connectivity index (χ1v) is 7.76. The van der Waals surface area contributed by atoms with Gasteiger partial charge in [-0.3, -0.25) is 4.79 Å². The van der Waals surface area contributed by atoms with Crippen LogP contribution in [-0.2, 0) is 15.1 Å². The lowest BCUT2D eigenvalue weighted by molar-refractivity contribution is -0.154. The van der Waals surface area contributed by atoms with Gasteiger partial charge in [-0.15, -0.1) is 0 Å². The Morgan fingerprint density at radius 2 is 1.70 bits per heavy atom. The van der Waals surface area contributed by atoms with E-state index >= 15 is 0 Å². The van der Waals surface area contributed by atoms with E-state index in [2.05, 4.69) is 0 Å². The minimum absolute atomic E-state index is 0.288. The zero-order chi connectivity index (χ0) is 16.7. The lowest BCUT2D eigenvalue weighted by Gasteiger charge is -2.30. The molecule has 0 radical (unpaired) electrons. The van der Waals surface area contributed by atoms with Crippen LogP contribution < -0.4 is 0 Å². The van der Waals surface area contributed by atoms with Gasteiger partial charge in [-0.05, 0) is 31.1 Å². The van der Waals surface area contributed by atoms with E-state index in [1.54, 1.807) is 19.9 Å². The van der Waals surface area contributed by atoms with Crippen molar-refractivity contribution in [2.75, 3.05) is 6.61 Å². The SMILES string of the molecule is CCOC(=O)C(C)C(O)(/C=C/c1ccccc1)c1ccccc1. The number of carbonyl (C=O) groups excluding carboxylic acids is 1. The molecule has 2 aromatic rings. The van der Waals surface area contributed by atoms with Crippen molar-refractivity contribution < 1.29 is 14.6 Å². The van der Waals surface area contributed by atoms with Crippen molar-refractivity contribution in [2.45, 2.75) is 19.4 Å². The quantitative estimate of drug-likeness (QED) is 0.826. The third-order valence-electron chi connectivity index (χ3n) is 3.87. The summed E-state index contributed by atoms with van der Waals surface area (Å²) in [6.45, 7) is 3.72. The summed E-state index contributed by atoms with van der Waals surface area (Å²) >= 11 is 0. The van der Waals surface area contributed by atoms with Crippen LogP contribution in [0, 0.1) is 5.92 Å². The number of esters is 1. The second-order valence-corrected chi connectivity index (χ2v) is 5.41. The first-order chi connectivity index (χ1) is 11.1. The number of rotatable bonds is 6. The van der Waals surface area contributed by atoms with Crippen molar-refractivity contribution in [2.24, 2.45) is 5.92 Å². The second kappa shape index (κ2) is 7.75. The number of hydrogen-bond donors (Lipinski definition) is 1. The summed E-state index contributed by atoms with van der Waals surface area (Å²) in [6, 6.07) is 18.8. The molecule has 0 fully saturated rings. The largest absolute Gasteiger partial charge is 0.466 e. The molecular weight excluding hydrogens is 288 g/mol. The van der Waals surface area contributed by atoms with Crippen LogP contribution in [0.1, 0.15) is 25.0 Å². The van der Waals surface area contributed by atoms with Crippen molar-refractivity contribution in [1.29, 1.82) is 0 Å². The Morgan fingerprint density at radius 3 is 2.26 bits per heavy atom. The van der Waals surface area contributed by atoms with Gasteiger partial charge in [0.15, 0.2) is 0 Å². The highest BCUT2D eigenvalue weighted by Gasteiger charge is 2.38. The minimum Gasteiger partial charge on any atom is -0.466 e.